The lowest BCUT2D eigenvalue weighted by Crippen LogP contribution is -2.36. The van der Waals surface area contributed by atoms with Crippen molar-refractivity contribution < 1.29 is 4.57 Å². The molecule has 0 N–H and O–H groups in total. The maximum absolute atomic E-state index is 2.48. The molecule has 0 spiro atoms. The van der Waals surface area contributed by atoms with Crippen molar-refractivity contribution in [1.82, 2.24) is 0 Å². The summed E-state index contributed by atoms with van der Waals surface area (Å²) in [5.41, 5.74) is 5.88. The van der Waals surface area contributed by atoms with E-state index in [0.29, 0.717) is 0 Å². The van der Waals surface area contributed by atoms with Gasteiger partial charge in [-0.15, -0.1) is 0 Å². The van der Waals surface area contributed by atoms with Crippen LogP contribution in [0, 0.1) is 0 Å². The Morgan fingerprint density at radius 2 is 1.52 bits per heavy atom. The number of hydrogen-bond donors (Lipinski definition) is 0. The van der Waals surface area contributed by atoms with E-state index in [2.05, 4.69) is 77.5 Å². The summed E-state index contributed by atoms with van der Waals surface area (Å²) in [6.07, 6.45) is 7.49. The number of aryl methyl sites for hydroxylation is 2. The van der Waals surface area contributed by atoms with Crippen LogP contribution >= 0.6 is 0 Å². The Balaban J connectivity index is 1.83. The normalized spacial score (nSPS) is 13.9. The van der Waals surface area contributed by atoms with Gasteiger partial charge in [-0.25, -0.2) is 0 Å². The largest absolute Gasteiger partial charge is 0.220 e. The Hall–Kier alpha value is -2.67. The molecule has 0 amide bonds. The molecule has 0 bridgehead atoms. The topological polar surface area (TPSA) is 3.88 Å². The second-order valence-corrected chi connectivity index (χ2v) is 7.14. The van der Waals surface area contributed by atoms with Crippen LogP contribution in [0.4, 0.5) is 0 Å². The van der Waals surface area contributed by atoms with Crippen molar-refractivity contribution in [2.75, 3.05) is 0 Å². The molecule has 4 aromatic rings. The molecule has 0 saturated carbocycles. The van der Waals surface area contributed by atoms with Crippen molar-refractivity contribution in [2.24, 2.45) is 0 Å². The standard InChI is InChI=1S/C24H22N/c1-2-8-18(9-3-1)16-25-17-20-11-5-6-12-21(20)23-15-14-19-10-4-7-13-22(19)24(23)25/h1-4,7-10,13-15,17H,5-6,11-12,16H2/q+1. The first-order valence-corrected chi connectivity index (χ1v) is 9.30. The van der Waals surface area contributed by atoms with Crippen molar-refractivity contribution in [3.8, 4) is 0 Å². The lowest BCUT2D eigenvalue weighted by Gasteiger charge is -2.18. The minimum Gasteiger partial charge on any atom is -0.193 e. The number of rotatable bonds is 2. The van der Waals surface area contributed by atoms with Crippen LogP contribution in [0.25, 0.3) is 21.7 Å². The fourth-order valence-corrected chi connectivity index (χ4v) is 4.34. The van der Waals surface area contributed by atoms with Crippen molar-refractivity contribution >= 4 is 21.7 Å². The van der Waals surface area contributed by atoms with E-state index in [4.69, 9.17) is 0 Å². The molecule has 0 saturated heterocycles. The molecule has 1 heteroatoms. The quantitative estimate of drug-likeness (QED) is 0.352. The van der Waals surface area contributed by atoms with E-state index in [9.17, 15) is 0 Å². The van der Waals surface area contributed by atoms with Crippen LogP contribution in [-0.4, -0.2) is 0 Å². The minimum atomic E-state index is 0.929. The molecule has 1 aliphatic rings. The van der Waals surface area contributed by atoms with E-state index in [-0.39, 0.29) is 0 Å². The number of benzene rings is 3. The molecular formula is C24H22N+. The van der Waals surface area contributed by atoms with Gasteiger partial charge in [0.2, 0.25) is 5.52 Å². The third-order valence-corrected chi connectivity index (χ3v) is 5.53. The maximum atomic E-state index is 2.48. The smallest absolute Gasteiger partial charge is 0.193 e. The zero-order valence-electron chi connectivity index (χ0n) is 14.4. The van der Waals surface area contributed by atoms with E-state index >= 15 is 0 Å². The number of aromatic nitrogens is 1. The third kappa shape index (κ3) is 2.51. The van der Waals surface area contributed by atoms with E-state index < -0.39 is 0 Å². The van der Waals surface area contributed by atoms with Crippen molar-refractivity contribution in [3.63, 3.8) is 0 Å². The molecule has 0 unspecified atom stereocenters. The lowest BCUT2D eigenvalue weighted by atomic mass is 9.89. The average molecular weight is 324 g/mol. The van der Waals surface area contributed by atoms with E-state index in [1.54, 1.807) is 11.1 Å². The summed E-state index contributed by atoms with van der Waals surface area (Å²) in [6, 6.07) is 24.2. The summed E-state index contributed by atoms with van der Waals surface area (Å²) in [5.74, 6) is 0. The maximum Gasteiger partial charge on any atom is 0.220 e. The Kier molecular flexibility index (Phi) is 3.52. The molecule has 3 aromatic carbocycles. The van der Waals surface area contributed by atoms with Crippen molar-refractivity contribution in [2.45, 2.75) is 32.2 Å². The van der Waals surface area contributed by atoms with Crippen LogP contribution in [0.15, 0.2) is 72.9 Å². The first-order chi connectivity index (χ1) is 12.4. The fourth-order valence-electron chi connectivity index (χ4n) is 4.34. The molecule has 1 aromatic heterocycles. The number of hydrogen-bond acceptors (Lipinski definition) is 0. The summed E-state index contributed by atoms with van der Waals surface area (Å²) >= 11 is 0. The van der Waals surface area contributed by atoms with Crippen LogP contribution in [0.1, 0.15) is 29.5 Å². The van der Waals surface area contributed by atoms with Crippen molar-refractivity contribution in [3.05, 3.63) is 89.6 Å². The molecule has 0 fully saturated rings. The zero-order valence-corrected chi connectivity index (χ0v) is 14.4. The molecular weight excluding hydrogens is 302 g/mol. The van der Waals surface area contributed by atoms with Gasteiger partial charge in [0.05, 0.1) is 10.8 Å². The Bertz CT molecular complexity index is 1060. The Morgan fingerprint density at radius 1 is 0.720 bits per heavy atom. The van der Waals surface area contributed by atoms with Gasteiger partial charge in [0.1, 0.15) is 0 Å². The molecule has 0 radical (unpaired) electrons. The lowest BCUT2D eigenvalue weighted by molar-refractivity contribution is -0.662. The number of fused-ring (bicyclic) bond motifs is 5. The highest BCUT2D eigenvalue weighted by Crippen LogP contribution is 2.31. The van der Waals surface area contributed by atoms with Crippen LogP contribution < -0.4 is 4.57 Å². The van der Waals surface area contributed by atoms with E-state index in [0.717, 1.165) is 6.54 Å². The summed E-state index contributed by atoms with van der Waals surface area (Å²) in [4.78, 5) is 0. The van der Waals surface area contributed by atoms with Gasteiger partial charge in [0.25, 0.3) is 0 Å². The van der Waals surface area contributed by atoms with Crippen LogP contribution in [0.5, 0.6) is 0 Å². The van der Waals surface area contributed by atoms with Gasteiger partial charge in [-0.3, -0.25) is 0 Å². The molecule has 1 heterocycles. The van der Waals surface area contributed by atoms with Gasteiger partial charge in [-0.05, 0) is 48.8 Å². The second kappa shape index (κ2) is 6.00. The monoisotopic (exact) mass is 324 g/mol. The van der Waals surface area contributed by atoms with Gasteiger partial charge in [0, 0.05) is 11.1 Å². The minimum absolute atomic E-state index is 0.929. The number of nitrogens with zero attached hydrogens (tertiary/aromatic N) is 1. The molecule has 1 aliphatic carbocycles. The van der Waals surface area contributed by atoms with Crippen LogP contribution in [0.3, 0.4) is 0 Å². The summed E-state index contributed by atoms with van der Waals surface area (Å²) in [6.45, 7) is 0.929. The molecule has 1 nitrogen and oxygen atoms in total. The molecule has 0 atom stereocenters. The summed E-state index contributed by atoms with van der Waals surface area (Å²) in [7, 11) is 0. The average Bonchev–Trinajstić information content (AvgIpc) is 2.68. The Labute approximate surface area is 148 Å². The van der Waals surface area contributed by atoms with Gasteiger partial charge >= 0.3 is 0 Å². The van der Waals surface area contributed by atoms with Crippen LogP contribution in [-0.2, 0) is 19.4 Å². The van der Waals surface area contributed by atoms with Crippen molar-refractivity contribution in [1.29, 1.82) is 0 Å². The van der Waals surface area contributed by atoms with Gasteiger partial charge in [-0.1, -0.05) is 54.6 Å². The zero-order chi connectivity index (χ0) is 16.6. The highest BCUT2D eigenvalue weighted by molar-refractivity contribution is 6.04. The van der Waals surface area contributed by atoms with E-state index in [1.165, 1.54) is 52.9 Å². The SMILES string of the molecule is c1ccc(C[n+]2cc3c(c4ccc5ccccc5c42)CCCC3)cc1. The van der Waals surface area contributed by atoms with Gasteiger partial charge < -0.3 is 0 Å². The summed E-state index contributed by atoms with van der Waals surface area (Å²) < 4.78 is 2.48. The molecule has 25 heavy (non-hydrogen) atoms. The van der Waals surface area contributed by atoms with Crippen LogP contribution in [0.2, 0.25) is 0 Å². The predicted octanol–water partition coefficient (Wildman–Crippen LogP) is 5.21. The highest BCUT2D eigenvalue weighted by Gasteiger charge is 2.22. The summed E-state index contributed by atoms with van der Waals surface area (Å²) in [5, 5.41) is 4.14. The molecule has 5 rings (SSSR count). The second-order valence-electron chi connectivity index (χ2n) is 7.14. The first-order valence-electron chi connectivity index (χ1n) is 9.30. The first kappa shape index (κ1) is 14.7. The van der Waals surface area contributed by atoms with E-state index in [1.807, 2.05) is 0 Å². The predicted molar refractivity (Wildman–Crippen MR) is 104 cm³/mol. The molecule has 0 aliphatic heterocycles. The van der Waals surface area contributed by atoms with Gasteiger partial charge in [-0.2, -0.15) is 4.57 Å². The fraction of sp³-hybridized carbons (Fsp3) is 0.208. The number of pyridine rings is 1. The highest BCUT2D eigenvalue weighted by atomic mass is 14.9. The van der Waals surface area contributed by atoms with Gasteiger partial charge in [0.15, 0.2) is 12.7 Å². The third-order valence-electron chi connectivity index (χ3n) is 5.53. The molecule has 122 valence electrons. The Morgan fingerprint density at radius 3 is 2.44 bits per heavy atom.